The largest absolute Gasteiger partial charge is 0.465 e. The Bertz CT molecular complexity index is 1300. The first-order valence-corrected chi connectivity index (χ1v) is 12.4. The molecule has 0 spiro atoms. The number of nitrogens with zero attached hydrogens (tertiary/aromatic N) is 1. The van der Waals surface area contributed by atoms with E-state index in [0.29, 0.717) is 5.56 Å². The highest BCUT2D eigenvalue weighted by Gasteiger charge is 2.47. The molecule has 0 unspecified atom stereocenters. The maximum absolute atomic E-state index is 14.1. The number of carbonyl (C=O) groups excluding carboxylic acids is 3. The van der Waals surface area contributed by atoms with E-state index < -0.39 is 41.3 Å². The number of ether oxygens (including phenoxy) is 2. The fraction of sp³-hybridized carbons (Fsp3) is 0.345. The van der Waals surface area contributed by atoms with Crippen LogP contribution in [0.3, 0.4) is 0 Å². The number of halogens is 3. The molecule has 39 heavy (non-hydrogen) atoms. The average molecular weight is 545 g/mol. The van der Waals surface area contributed by atoms with Gasteiger partial charge in [0.1, 0.15) is 5.92 Å². The second-order valence-corrected chi connectivity index (χ2v) is 9.08. The highest BCUT2D eigenvalue weighted by Crippen LogP contribution is 2.46. The van der Waals surface area contributed by atoms with Crippen molar-refractivity contribution in [1.82, 2.24) is 5.32 Å². The fourth-order valence-electron chi connectivity index (χ4n) is 4.56. The van der Waals surface area contributed by atoms with Crippen LogP contribution in [0.2, 0.25) is 0 Å². The van der Waals surface area contributed by atoms with Gasteiger partial charge in [-0.2, -0.15) is 13.2 Å². The third-order valence-corrected chi connectivity index (χ3v) is 6.31. The van der Waals surface area contributed by atoms with Gasteiger partial charge in [-0.1, -0.05) is 18.2 Å². The summed E-state index contributed by atoms with van der Waals surface area (Å²) in [5.74, 6) is -5.13. The van der Waals surface area contributed by atoms with Gasteiger partial charge in [0.15, 0.2) is 5.78 Å². The van der Waals surface area contributed by atoms with Crippen LogP contribution in [0.15, 0.2) is 71.6 Å². The van der Waals surface area contributed by atoms with Crippen molar-refractivity contribution in [2.75, 3.05) is 32.2 Å². The number of allylic oxidation sites excluding steroid dienone is 2. The first-order valence-electron chi connectivity index (χ1n) is 12.4. The molecular weight excluding hydrogens is 513 g/mol. The molecule has 0 aliphatic carbocycles. The van der Waals surface area contributed by atoms with E-state index >= 15 is 0 Å². The third-order valence-electron chi connectivity index (χ3n) is 6.31. The molecule has 0 saturated carbocycles. The maximum Gasteiger partial charge on any atom is 0.416 e. The van der Waals surface area contributed by atoms with Gasteiger partial charge in [0, 0.05) is 48.7 Å². The van der Waals surface area contributed by atoms with Crippen LogP contribution in [0.25, 0.3) is 0 Å². The van der Waals surface area contributed by atoms with Crippen LogP contribution >= 0.6 is 0 Å². The number of alkyl halides is 3. The lowest BCUT2D eigenvalue weighted by molar-refractivity contribution is -0.149. The zero-order valence-corrected chi connectivity index (χ0v) is 22.4. The van der Waals surface area contributed by atoms with Gasteiger partial charge in [-0.25, -0.2) is 4.79 Å². The fourth-order valence-corrected chi connectivity index (χ4v) is 4.56. The summed E-state index contributed by atoms with van der Waals surface area (Å²) in [6.07, 6.45) is -3.61. The lowest BCUT2D eigenvalue weighted by atomic mass is 9.73. The molecule has 0 bridgehead atoms. The van der Waals surface area contributed by atoms with Crippen molar-refractivity contribution < 1.29 is 37.0 Å². The Morgan fingerprint density at radius 3 is 2.15 bits per heavy atom. The molecule has 2 aromatic rings. The minimum atomic E-state index is -4.78. The van der Waals surface area contributed by atoms with Gasteiger partial charge in [0.25, 0.3) is 0 Å². The zero-order chi connectivity index (χ0) is 28.9. The minimum absolute atomic E-state index is 0.0164. The smallest absolute Gasteiger partial charge is 0.416 e. The molecule has 0 aromatic heterocycles. The zero-order valence-electron chi connectivity index (χ0n) is 22.4. The number of hydrogen-bond donors (Lipinski definition) is 1. The van der Waals surface area contributed by atoms with Gasteiger partial charge >= 0.3 is 18.1 Å². The Balaban J connectivity index is 2.26. The highest BCUT2D eigenvalue weighted by molar-refractivity contribution is 6.06. The number of ketones is 1. The molecule has 208 valence electrons. The first kappa shape index (κ1) is 29.5. The normalized spacial score (nSPS) is 18.4. The van der Waals surface area contributed by atoms with Crippen molar-refractivity contribution in [2.45, 2.75) is 32.9 Å². The van der Waals surface area contributed by atoms with E-state index in [1.54, 1.807) is 38.1 Å². The third kappa shape index (κ3) is 6.50. The predicted octanol–water partition coefficient (Wildman–Crippen LogP) is 5.24. The summed E-state index contributed by atoms with van der Waals surface area (Å²) >= 11 is 0. The number of hydrogen-bond acceptors (Lipinski definition) is 7. The predicted molar refractivity (Wildman–Crippen MR) is 140 cm³/mol. The summed E-state index contributed by atoms with van der Waals surface area (Å²) in [4.78, 5) is 41.5. The molecule has 2 aromatic carbocycles. The van der Waals surface area contributed by atoms with Crippen molar-refractivity contribution in [2.24, 2.45) is 5.92 Å². The molecule has 1 aliphatic heterocycles. The van der Waals surface area contributed by atoms with Crippen LogP contribution in [0.4, 0.5) is 18.9 Å². The molecule has 1 N–H and O–H groups in total. The molecule has 0 amide bonds. The molecule has 3 rings (SSSR count). The SMILES string of the molecule is CCOC(=O)C1=C(C)N/C(=C\C(=O)c2ccc(N(C)C)cc2)[C@@H](C(=O)OCC)[C@@H]1c1ccccc1C(F)(F)F. The summed E-state index contributed by atoms with van der Waals surface area (Å²) in [6, 6.07) is 11.4. The van der Waals surface area contributed by atoms with Crippen molar-refractivity contribution in [3.05, 3.63) is 88.3 Å². The number of anilines is 1. The van der Waals surface area contributed by atoms with Crippen molar-refractivity contribution in [3.63, 3.8) is 0 Å². The van der Waals surface area contributed by atoms with Crippen molar-refractivity contribution in [1.29, 1.82) is 0 Å². The van der Waals surface area contributed by atoms with Crippen LogP contribution in [0.5, 0.6) is 0 Å². The Kier molecular flexibility index (Phi) is 9.21. The van der Waals surface area contributed by atoms with E-state index in [4.69, 9.17) is 9.47 Å². The van der Waals surface area contributed by atoms with Crippen LogP contribution < -0.4 is 10.2 Å². The maximum atomic E-state index is 14.1. The van der Waals surface area contributed by atoms with Gasteiger partial charge in [-0.3, -0.25) is 9.59 Å². The van der Waals surface area contributed by atoms with E-state index in [1.165, 1.54) is 31.2 Å². The Hall–Kier alpha value is -4.08. The Morgan fingerprint density at radius 1 is 0.974 bits per heavy atom. The van der Waals surface area contributed by atoms with Crippen LogP contribution in [-0.4, -0.2) is 45.0 Å². The van der Waals surface area contributed by atoms with E-state index in [2.05, 4.69) is 5.32 Å². The van der Waals surface area contributed by atoms with E-state index in [0.717, 1.165) is 11.8 Å². The molecule has 0 radical (unpaired) electrons. The average Bonchev–Trinajstić information content (AvgIpc) is 2.88. The first-order chi connectivity index (χ1) is 18.4. The summed E-state index contributed by atoms with van der Waals surface area (Å²) in [7, 11) is 3.70. The Labute approximate surface area is 225 Å². The highest BCUT2D eigenvalue weighted by atomic mass is 19.4. The molecule has 1 aliphatic rings. The lowest BCUT2D eigenvalue weighted by Crippen LogP contribution is -2.41. The molecule has 2 atom stereocenters. The number of esters is 2. The number of benzene rings is 2. The summed E-state index contributed by atoms with van der Waals surface area (Å²) in [6.45, 7) is 4.52. The second kappa shape index (κ2) is 12.2. The standard InChI is InChI=1S/C29H31F3N2O5/c1-6-38-27(36)24-17(3)33-22(16-23(35)18-12-14-19(15-13-18)34(4)5)26(28(37)39-7-2)25(24)20-10-8-9-11-21(20)29(30,31)32/h8-16,25-26,33H,6-7H2,1-5H3/b22-16-/t25-,26-/m1/s1. The van der Waals surface area contributed by atoms with E-state index in [1.807, 2.05) is 19.0 Å². The van der Waals surface area contributed by atoms with Crippen molar-refractivity contribution in [3.8, 4) is 0 Å². The summed E-state index contributed by atoms with van der Waals surface area (Å²) in [5, 5.41) is 2.91. The topological polar surface area (TPSA) is 84.9 Å². The van der Waals surface area contributed by atoms with Crippen LogP contribution in [0, 0.1) is 5.92 Å². The molecule has 0 fully saturated rings. The van der Waals surface area contributed by atoms with Gasteiger partial charge < -0.3 is 19.7 Å². The quantitative estimate of drug-likeness (QED) is 0.276. The minimum Gasteiger partial charge on any atom is -0.465 e. The van der Waals surface area contributed by atoms with Crippen LogP contribution in [-0.2, 0) is 25.2 Å². The molecule has 1 heterocycles. The van der Waals surface area contributed by atoms with Gasteiger partial charge in [-0.05, 0) is 56.7 Å². The van der Waals surface area contributed by atoms with Gasteiger partial charge in [0.05, 0.1) is 24.4 Å². The van der Waals surface area contributed by atoms with Gasteiger partial charge in [-0.15, -0.1) is 0 Å². The molecular formula is C29H31F3N2O5. The van der Waals surface area contributed by atoms with Crippen molar-refractivity contribution >= 4 is 23.4 Å². The van der Waals surface area contributed by atoms with Crippen LogP contribution in [0.1, 0.15) is 48.2 Å². The Morgan fingerprint density at radius 2 is 1.59 bits per heavy atom. The summed E-state index contributed by atoms with van der Waals surface area (Å²) in [5.41, 5.74) is -0.109. The second-order valence-electron chi connectivity index (χ2n) is 9.08. The van der Waals surface area contributed by atoms with Gasteiger partial charge in [0.2, 0.25) is 0 Å². The van der Waals surface area contributed by atoms with E-state index in [-0.39, 0.29) is 35.7 Å². The molecule has 7 nitrogen and oxygen atoms in total. The monoisotopic (exact) mass is 544 g/mol. The molecule has 0 saturated heterocycles. The molecule has 10 heteroatoms. The lowest BCUT2D eigenvalue weighted by Gasteiger charge is -2.36. The number of carbonyl (C=O) groups is 3. The summed E-state index contributed by atoms with van der Waals surface area (Å²) < 4.78 is 52.8. The number of rotatable bonds is 8. The number of nitrogens with one attached hydrogen (secondary N) is 1. The van der Waals surface area contributed by atoms with E-state index in [9.17, 15) is 27.6 Å².